The number of rotatable bonds is 2. The molecule has 0 aromatic heterocycles. The largest absolute Gasteiger partial charge is 0.507 e. The zero-order valence-electron chi connectivity index (χ0n) is 8.22. The molecule has 1 aromatic rings. The Morgan fingerprint density at radius 2 is 2.00 bits per heavy atom. The van der Waals surface area contributed by atoms with Crippen LogP contribution in [0.5, 0.6) is 11.5 Å². The van der Waals surface area contributed by atoms with Crippen molar-refractivity contribution in [2.24, 2.45) is 5.73 Å². The van der Waals surface area contributed by atoms with Crippen LogP contribution in [0.2, 0.25) is 0 Å². The molecule has 0 aliphatic carbocycles. The zero-order chi connectivity index (χ0) is 10.0. The van der Waals surface area contributed by atoms with Crippen molar-refractivity contribution in [3.05, 3.63) is 22.8 Å². The summed E-state index contributed by atoms with van der Waals surface area (Å²) in [4.78, 5) is 0. The molecule has 0 saturated carbocycles. The Labute approximate surface area is 78.1 Å². The van der Waals surface area contributed by atoms with Gasteiger partial charge in [-0.05, 0) is 31.0 Å². The van der Waals surface area contributed by atoms with E-state index in [4.69, 9.17) is 10.5 Å². The van der Waals surface area contributed by atoms with Gasteiger partial charge >= 0.3 is 0 Å². The van der Waals surface area contributed by atoms with Crippen molar-refractivity contribution in [2.45, 2.75) is 20.4 Å². The molecule has 3 nitrogen and oxygen atoms in total. The lowest BCUT2D eigenvalue weighted by Crippen LogP contribution is -2.00. The Hall–Kier alpha value is -1.22. The van der Waals surface area contributed by atoms with Crippen LogP contribution >= 0.6 is 0 Å². The zero-order valence-corrected chi connectivity index (χ0v) is 8.22. The summed E-state index contributed by atoms with van der Waals surface area (Å²) in [5.41, 5.74) is 7.99. The molecular weight excluding hydrogens is 166 g/mol. The topological polar surface area (TPSA) is 55.5 Å². The molecule has 0 fully saturated rings. The summed E-state index contributed by atoms with van der Waals surface area (Å²) in [5.74, 6) is 1.05. The van der Waals surface area contributed by atoms with Crippen LogP contribution in [-0.4, -0.2) is 12.2 Å². The second-order valence-corrected chi connectivity index (χ2v) is 3.04. The van der Waals surface area contributed by atoms with Gasteiger partial charge in [-0.15, -0.1) is 0 Å². The van der Waals surface area contributed by atoms with Crippen LogP contribution in [0.1, 0.15) is 16.7 Å². The van der Waals surface area contributed by atoms with E-state index < -0.39 is 0 Å². The van der Waals surface area contributed by atoms with Crippen LogP contribution in [-0.2, 0) is 6.54 Å². The Kier molecular flexibility index (Phi) is 2.78. The second-order valence-electron chi connectivity index (χ2n) is 3.04. The van der Waals surface area contributed by atoms with E-state index >= 15 is 0 Å². The molecule has 72 valence electrons. The first-order chi connectivity index (χ1) is 6.11. The molecule has 13 heavy (non-hydrogen) atoms. The monoisotopic (exact) mass is 181 g/mol. The van der Waals surface area contributed by atoms with Crippen molar-refractivity contribution >= 4 is 0 Å². The molecular formula is C10H15NO2. The quantitative estimate of drug-likeness (QED) is 0.726. The summed E-state index contributed by atoms with van der Waals surface area (Å²) in [7, 11) is 1.61. The summed E-state index contributed by atoms with van der Waals surface area (Å²) in [5, 5.41) is 9.66. The van der Waals surface area contributed by atoms with E-state index in [1.165, 1.54) is 0 Å². The molecule has 0 amide bonds. The molecule has 0 saturated heterocycles. The minimum Gasteiger partial charge on any atom is -0.507 e. The third-order valence-corrected chi connectivity index (χ3v) is 2.34. The number of methoxy groups -OCH3 is 1. The number of hydrogen-bond donors (Lipinski definition) is 2. The molecule has 0 atom stereocenters. The van der Waals surface area contributed by atoms with Crippen LogP contribution in [0.4, 0.5) is 0 Å². The maximum Gasteiger partial charge on any atom is 0.123 e. The number of phenols is 1. The average Bonchev–Trinajstić information content (AvgIpc) is 2.15. The van der Waals surface area contributed by atoms with Gasteiger partial charge in [0.05, 0.1) is 7.11 Å². The lowest BCUT2D eigenvalue weighted by Gasteiger charge is -2.12. The number of phenolic OH excluding ortho intramolecular Hbond substituents is 1. The summed E-state index contributed by atoms with van der Waals surface area (Å²) in [6, 6.07) is 1.78. The van der Waals surface area contributed by atoms with Crippen LogP contribution in [0, 0.1) is 13.8 Å². The fraction of sp³-hybridized carbons (Fsp3) is 0.400. The van der Waals surface area contributed by atoms with Gasteiger partial charge in [-0.25, -0.2) is 0 Å². The predicted molar refractivity (Wildman–Crippen MR) is 52.0 cm³/mol. The SMILES string of the molecule is COc1cc(CN)c(O)c(C)c1C. The Bertz CT molecular complexity index is 293. The first kappa shape index (κ1) is 9.86. The van der Waals surface area contributed by atoms with Crippen molar-refractivity contribution in [3.8, 4) is 11.5 Å². The first-order valence-corrected chi connectivity index (χ1v) is 4.18. The molecule has 0 unspecified atom stereocenters. The predicted octanol–water partition coefficient (Wildman–Crippen LogP) is 1.48. The highest BCUT2D eigenvalue weighted by Crippen LogP contribution is 2.31. The lowest BCUT2D eigenvalue weighted by atomic mass is 10.0. The van der Waals surface area contributed by atoms with E-state index in [0.717, 1.165) is 22.4 Å². The van der Waals surface area contributed by atoms with Crippen molar-refractivity contribution in [1.82, 2.24) is 0 Å². The van der Waals surface area contributed by atoms with Crippen molar-refractivity contribution in [2.75, 3.05) is 7.11 Å². The standard InChI is InChI=1S/C10H15NO2/c1-6-7(2)10(12)8(5-11)4-9(6)13-3/h4,12H,5,11H2,1-3H3. The van der Waals surface area contributed by atoms with Crippen LogP contribution in [0.25, 0.3) is 0 Å². The molecule has 0 aliphatic heterocycles. The van der Waals surface area contributed by atoms with Gasteiger partial charge in [0.1, 0.15) is 11.5 Å². The van der Waals surface area contributed by atoms with Gasteiger partial charge in [0, 0.05) is 12.1 Å². The summed E-state index contributed by atoms with van der Waals surface area (Å²) >= 11 is 0. The number of benzene rings is 1. The molecule has 0 spiro atoms. The van der Waals surface area contributed by atoms with Gasteiger partial charge in [-0.1, -0.05) is 0 Å². The third kappa shape index (κ3) is 1.60. The molecule has 3 heteroatoms. The minimum atomic E-state index is 0.279. The number of aromatic hydroxyl groups is 1. The van der Waals surface area contributed by atoms with E-state index in [0.29, 0.717) is 6.54 Å². The van der Waals surface area contributed by atoms with Crippen LogP contribution in [0.3, 0.4) is 0 Å². The third-order valence-electron chi connectivity index (χ3n) is 2.34. The van der Waals surface area contributed by atoms with Crippen LogP contribution < -0.4 is 10.5 Å². The lowest BCUT2D eigenvalue weighted by molar-refractivity contribution is 0.406. The summed E-state index contributed by atoms with van der Waals surface area (Å²) in [6.45, 7) is 4.09. The fourth-order valence-electron chi connectivity index (χ4n) is 1.31. The number of hydrogen-bond acceptors (Lipinski definition) is 3. The summed E-state index contributed by atoms with van der Waals surface area (Å²) in [6.07, 6.45) is 0. The minimum absolute atomic E-state index is 0.279. The van der Waals surface area contributed by atoms with Gasteiger partial charge in [0.2, 0.25) is 0 Å². The average molecular weight is 181 g/mol. The van der Waals surface area contributed by atoms with Gasteiger partial charge in [0.25, 0.3) is 0 Å². The van der Waals surface area contributed by atoms with Crippen molar-refractivity contribution in [3.63, 3.8) is 0 Å². The molecule has 3 N–H and O–H groups in total. The van der Waals surface area contributed by atoms with E-state index in [1.807, 2.05) is 13.8 Å². The van der Waals surface area contributed by atoms with Crippen molar-refractivity contribution < 1.29 is 9.84 Å². The molecule has 1 aromatic carbocycles. The van der Waals surface area contributed by atoms with Gasteiger partial charge in [-0.2, -0.15) is 0 Å². The Morgan fingerprint density at radius 3 is 2.46 bits per heavy atom. The Balaban J connectivity index is 3.36. The van der Waals surface area contributed by atoms with E-state index in [1.54, 1.807) is 13.2 Å². The smallest absolute Gasteiger partial charge is 0.123 e. The van der Waals surface area contributed by atoms with E-state index in [-0.39, 0.29) is 5.75 Å². The fourth-order valence-corrected chi connectivity index (χ4v) is 1.31. The van der Waals surface area contributed by atoms with Gasteiger partial charge in [-0.3, -0.25) is 0 Å². The molecule has 0 heterocycles. The molecule has 0 radical (unpaired) electrons. The highest BCUT2D eigenvalue weighted by atomic mass is 16.5. The van der Waals surface area contributed by atoms with E-state index in [2.05, 4.69) is 0 Å². The maximum absolute atomic E-state index is 9.66. The van der Waals surface area contributed by atoms with Crippen molar-refractivity contribution in [1.29, 1.82) is 0 Å². The molecule has 0 aliphatic rings. The Morgan fingerprint density at radius 1 is 1.38 bits per heavy atom. The van der Waals surface area contributed by atoms with Crippen LogP contribution in [0.15, 0.2) is 6.07 Å². The molecule has 0 bridgehead atoms. The van der Waals surface area contributed by atoms with Gasteiger partial charge in [0.15, 0.2) is 0 Å². The second kappa shape index (κ2) is 3.66. The number of ether oxygens (including phenoxy) is 1. The summed E-state index contributed by atoms with van der Waals surface area (Å²) < 4.78 is 5.16. The first-order valence-electron chi connectivity index (χ1n) is 4.18. The molecule has 1 rings (SSSR count). The highest BCUT2D eigenvalue weighted by molar-refractivity contribution is 5.51. The highest BCUT2D eigenvalue weighted by Gasteiger charge is 2.10. The van der Waals surface area contributed by atoms with E-state index in [9.17, 15) is 5.11 Å². The maximum atomic E-state index is 9.66. The normalized spacial score (nSPS) is 10.2. The van der Waals surface area contributed by atoms with Gasteiger partial charge < -0.3 is 15.6 Å². The number of nitrogens with two attached hydrogens (primary N) is 1.